The van der Waals surface area contributed by atoms with Gasteiger partial charge in [-0.3, -0.25) is 4.79 Å². The summed E-state index contributed by atoms with van der Waals surface area (Å²) in [5.41, 5.74) is 0. The number of ether oxygens (including phenoxy) is 1. The summed E-state index contributed by atoms with van der Waals surface area (Å²) in [6, 6.07) is 4.89. The Balaban J connectivity index is 2.45. The summed E-state index contributed by atoms with van der Waals surface area (Å²) in [6.45, 7) is 3.15. The summed E-state index contributed by atoms with van der Waals surface area (Å²) in [7, 11) is 1.87. The van der Waals surface area contributed by atoms with Gasteiger partial charge in [0.2, 0.25) is 0 Å². The minimum absolute atomic E-state index is 0.165. The van der Waals surface area contributed by atoms with Crippen LogP contribution in [0, 0.1) is 0 Å². The van der Waals surface area contributed by atoms with E-state index in [1.165, 1.54) is 0 Å². The van der Waals surface area contributed by atoms with Crippen LogP contribution in [-0.4, -0.2) is 32.1 Å². The molecule has 1 unspecified atom stereocenters. The molecule has 4 nitrogen and oxygen atoms in total. The Labute approximate surface area is 123 Å². The average Bonchev–Trinajstić information content (AvgIpc) is 2.37. The van der Waals surface area contributed by atoms with Gasteiger partial charge < -0.3 is 15.4 Å². The van der Waals surface area contributed by atoms with Crippen molar-refractivity contribution in [2.75, 3.05) is 20.1 Å². The first kappa shape index (κ1) is 16.1. The monoisotopic (exact) mass is 304 g/mol. The first-order valence-corrected chi connectivity index (χ1v) is 6.84. The van der Waals surface area contributed by atoms with Crippen molar-refractivity contribution in [1.29, 1.82) is 0 Å². The van der Waals surface area contributed by atoms with Crippen molar-refractivity contribution >= 4 is 29.1 Å². The molecule has 0 aliphatic rings. The standard InChI is InChI=1S/C13H18Cl2N2O2/c1-9(13(18)17-7-3-6-16-2)19-12-5-4-10(14)8-11(12)15/h4-5,8-9,16H,3,6-7H2,1-2H3,(H,17,18). The Morgan fingerprint density at radius 1 is 1.37 bits per heavy atom. The van der Waals surface area contributed by atoms with E-state index in [9.17, 15) is 4.79 Å². The van der Waals surface area contributed by atoms with Gasteiger partial charge >= 0.3 is 0 Å². The number of halogens is 2. The molecule has 0 bridgehead atoms. The molecule has 19 heavy (non-hydrogen) atoms. The number of carbonyl (C=O) groups excluding carboxylic acids is 1. The van der Waals surface area contributed by atoms with Crippen LogP contribution in [-0.2, 0) is 4.79 Å². The van der Waals surface area contributed by atoms with Crippen LogP contribution in [0.5, 0.6) is 5.75 Å². The van der Waals surface area contributed by atoms with E-state index in [4.69, 9.17) is 27.9 Å². The van der Waals surface area contributed by atoms with Crippen LogP contribution in [0.15, 0.2) is 18.2 Å². The highest BCUT2D eigenvalue weighted by Gasteiger charge is 2.15. The van der Waals surface area contributed by atoms with Gasteiger partial charge in [-0.1, -0.05) is 23.2 Å². The van der Waals surface area contributed by atoms with Gasteiger partial charge in [-0.05, 0) is 45.1 Å². The van der Waals surface area contributed by atoms with Crippen molar-refractivity contribution in [3.8, 4) is 5.75 Å². The third kappa shape index (κ3) is 5.68. The van der Waals surface area contributed by atoms with Crippen LogP contribution >= 0.6 is 23.2 Å². The molecule has 1 rings (SSSR count). The summed E-state index contributed by atoms with van der Waals surface area (Å²) in [4.78, 5) is 11.8. The van der Waals surface area contributed by atoms with Gasteiger partial charge in [-0.2, -0.15) is 0 Å². The van der Waals surface area contributed by atoms with Crippen molar-refractivity contribution in [2.24, 2.45) is 0 Å². The van der Waals surface area contributed by atoms with E-state index in [2.05, 4.69) is 10.6 Å². The molecule has 0 heterocycles. The summed E-state index contributed by atoms with van der Waals surface area (Å²) >= 11 is 11.8. The number of hydrogen-bond donors (Lipinski definition) is 2. The molecule has 0 aromatic heterocycles. The van der Waals surface area contributed by atoms with Gasteiger partial charge in [0.05, 0.1) is 5.02 Å². The van der Waals surface area contributed by atoms with Crippen LogP contribution in [0.3, 0.4) is 0 Å². The lowest BCUT2D eigenvalue weighted by atomic mass is 10.3. The Morgan fingerprint density at radius 2 is 2.11 bits per heavy atom. The van der Waals surface area contributed by atoms with Gasteiger partial charge in [0.15, 0.2) is 6.10 Å². The number of nitrogens with one attached hydrogen (secondary N) is 2. The van der Waals surface area contributed by atoms with Gasteiger partial charge in [0.1, 0.15) is 5.75 Å². The van der Waals surface area contributed by atoms with Crippen molar-refractivity contribution in [3.05, 3.63) is 28.2 Å². The maximum Gasteiger partial charge on any atom is 0.260 e. The number of amides is 1. The molecule has 1 amide bonds. The number of hydrogen-bond acceptors (Lipinski definition) is 3. The molecule has 0 saturated heterocycles. The van der Waals surface area contributed by atoms with E-state index in [1.54, 1.807) is 25.1 Å². The minimum atomic E-state index is -0.603. The Morgan fingerprint density at radius 3 is 2.74 bits per heavy atom. The van der Waals surface area contributed by atoms with E-state index >= 15 is 0 Å². The molecule has 0 radical (unpaired) electrons. The maximum absolute atomic E-state index is 11.8. The fourth-order valence-corrected chi connectivity index (χ4v) is 1.89. The molecule has 0 fully saturated rings. The zero-order valence-corrected chi connectivity index (χ0v) is 12.5. The summed E-state index contributed by atoms with van der Waals surface area (Å²) in [5, 5.41) is 6.73. The summed E-state index contributed by atoms with van der Waals surface area (Å²) in [5.74, 6) is 0.283. The highest BCUT2D eigenvalue weighted by atomic mass is 35.5. The predicted octanol–water partition coefficient (Wildman–Crippen LogP) is 2.49. The molecule has 0 spiro atoms. The lowest BCUT2D eigenvalue weighted by Gasteiger charge is -2.15. The van der Waals surface area contributed by atoms with Gasteiger partial charge in [-0.15, -0.1) is 0 Å². The van der Waals surface area contributed by atoms with E-state index in [-0.39, 0.29) is 5.91 Å². The fourth-order valence-electron chi connectivity index (χ4n) is 1.44. The van der Waals surface area contributed by atoms with E-state index in [1.807, 2.05) is 7.05 Å². The molecule has 0 saturated carbocycles. The molecular weight excluding hydrogens is 287 g/mol. The number of rotatable bonds is 7. The maximum atomic E-state index is 11.8. The fraction of sp³-hybridized carbons (Fsp3) is 0.462. The zero-order chi connectivity index (χ0) is 14.3. The van der Waals surface area contributed by atoms with Gasteiger partial charge in [-0.25, -0.2) is 0 Å². The normalized spacial score (nSPS) is 12.0. The smallest absolute Gasteiger partial charge is 0.260 e. The third-order valence-electron chi connectivity index (χ3n) is 2.47. The quantitative estimate of drug-likeness (QED) is 0.761. The Bertz CT molecular complexity index is 427. The topological polar surface area (TPSA) is 50.4 Å². The predicted molar refractivity (Wildman–Crippen MR) is 78.1 cm³/mol. The molecule has 1 aromatic carbocycles. The zero-order valence-electron chi connectivity index (χ0n) is 11.0. The van der Waals surface area contributed by atoms with Crippen LogP contribution in [0.1, 0.15) is 13.3 Å². The van der Waals surface area contributed by atoms with Crippen LogP contribution in [0.4, 0.5) is 0 Å². The minimum Gasteiger partial charge on any atom is -0.479 e. The largest absolute Gasteiger partial charge is 0.479 e. The molecule has 2 N–H and O–H groups in total. The molecule has 6 heteroatoms. The van der Waals surface area contributed by atoms with Gasteiger partial charge in [0.25, 0.3) is 5.91 Å². The molecule has 0 aliphatic heterocycles. The lowest BCUT2D eigenvalue weighted by molar-refractivity contribution is -0.127. The molecule has 106 valence electrons. The highest BCUT2D eigenvalue weighted by Crippen LogP contribution is 2.28. The van der Waals surface area contributed by atoms with Crippen molar-refractivity contribution in [3.63, 3.8) is 0 Å². The van der Waals surface area contributed by atoms with Crippen LogP contribution in [0.2, 0.25) is 10.0 Å². The second kappa shape index (κ2) is 8.25. The second-order valence-electron chi connectivity index (χ2n) is 4.08. The SMILES string of the molecule is CNCCCNC(=O)C(C)Oc1ccc(Cl)cc1Cl. The van der Waals surface area contributed by atoms with Crippen molar-refractivity contribution in [2.45, 2.75) is 19.4 Å². The van der Waals surface area contributed by atoms with E-state index < -0.39 is 6.10 Å². The van der Waals surface area contributed by atoms with Gasteiger partial charge in [0, 0.05) is 11.6 Å². The molecule has 1 atom stereocenters. The summed E-state index contributed by atoms with van der Waals surface area (Å²) < 4.78 is 5.50. The molecule has 1 aromatic rings. The Kier molecular flexibility index (Phi) is 6.99. The summed E-state index contributed by atoms with van der Waals surface area (Å²) in [6.07, 6.45) is 0.268. The van der Waals surface area contributed by atoms with Crippen LogP contribution in [0.25, 0.3) is 0 Å². The van der Waals surface area contributed by atoms with E-state index in [0.29, 0.717) is 22.3 Å². The number of carbonyl (C=O) groups is 1. The van der Waals surface area contributed by atoms with Crippen molar-refractivity contribution in [1.82, 2.24) is 10.6 Å². The third-order valence-corrected chi connectivity index (χ3v) is 3.00. The number of benzene rings is 1. The lowest BCUT2D eigenvalue weighted by Crippen LogP contribution is -2.37. The van der Waals surface area contributed by atoms with Crippen LogP contribution < -0.4 is 15.4 Å². The van der Waals surface area contributed by atoms with E-state index in [0.717, 1.165) is 13.0 Å². The second-order valence-corrected chi connectivity index (χ2v) is 4.93. The molecular formula is C13H18Cl2N2O2. The Hall–Kier alpha value is -0.970. The first-order chi connectivity index (χ1) is 9.04. The average molecular weight is 305 g/mol. The first-order valence-electron chi connectivity index (χ1n) is 6.08. The van der Waals surface area contributed by atoms with Crippen molar-refractivity contribution < 1.29 is 9.53 Å². The molecule has 0 aliphatic carbocycles. The highest BCUT2D eigenvalue weighted by molar-refractivity contribution is 6.35.